The molecule has 2 rings (SSSR count). The highest BCUT2D eigenvalue weighted by atomic mass is 16.1. The maximum absolute atomic E-state index is 10.6. The van der Waals surface area contributed by atoms with Crippen molar-refractivity contribution in [3.05, 3.63) is 35.4 Å². The van der Waals surface area contributed by atoms with Gasteiger partial charge in [0.25, 0.3) is 0 Å². The molecule has 0 aromatic heterocycles. The van der Waals surface area contributed by atoms with E-state index in [0.717, 1.165) is 19.1 Å². The van der Waals surface area contributed by atoms with Crippen LogP contribution >= 0.6 is 0 Å². The fraction of sp³-hybridized carbons (Fsp3) is 0.462. The van der Waals surface area contributed by atoms with Crippen molar-refractivity contribution >= 4 is 6.29 Å². The third-order valence-electron chi connectivity index (χ3n) is 2.34. The second-order valence-corrected chi connectivity index (χ2v) is 4.32. The van der Waals surface area contributed by atoms with Gasteiger partial charge in [-0.05, 0) is 45.1 Å². The summed E-state index contributed by atoms with van der Waals surface area (Å²) in [5.74, 6) is 0.172. The lowest BCUT2D eigenvalue weighted by molar-refractivity contribution is -0.109. The Morgan fingerprint density at radius 1 is 1.27 bits per heavy atom. The van der Waals surface area contributed by atoms with E-state index in [-0.39, 0.29) is 5.92 Å². The molecule has 1 aromatic rings. The van der Waals surface area contributed by atoms with Crippen LogP contribution in [0.25, 0.3) is 0 Å². The van der Waals surface area contributed by atoms with Gasteiger partial charge in [0, 0.05) is 5.92 Å². The molecule has 0 saturated carbocycles. The Labute approximate surface area is 91.9 Å². The number of benzene rings is 1. The summed E-state index contributed by atoms with van der Waals surface area (Å²) in [5.41, 5.74) is 2.59. The summed E-state index contributed by atoms with van der Waals surface area (Å²) in [4.78, 5) is 12.6. The van der Waals surface area contributed by atoms with Crippen molar-refractivity contribution in [1.29, 1.82) is 0 Å². The van der Waals surface area contributed by atoms with E-state index in [1.165, 1.54) is 11.1 Å². The molecule has 1 aliphatic carbocycles. The molecular formula is C13H19NO. The molecule has 0 radical (unpaired) electrons. The highest BCUT2D eigenvalue weighted by molar-refractivity contribution is 5.65. The van der Waals surface area contributed by atoms with Crippen LogP contribution in [0.2, 0.25) is 0 Å². The van der Waals surface area contributed by atoms with Crippen molar-refractivity contribution in [1.82, 2.24) is 4.90 Å². The van der Waals surface area contributed by atoms with Crippen LogP contribution in [-0.4, -0.2) is 32.3 Å². The number of fused-ring (bicyclic) bond motifs is 1. The predicted octanol–water partition coefficient (Wildman–Crippen LogP) is 2.09. The van der Waals surface area contributed by atoms with Gasteiger partial charge in [-0.3, -0.25) is 0 Å². The third-order valence-corrected chi connectivity index (χ3v) is 2.34. The quantitative estimate of drug-likeness (QED) is 0.654. The van der Waals surface area contributed by atoms with Gasteiger partial charge in [-0.25, -0.2) is 0 Å². The van der Waals surface area contributed by atoms with Crippen LogP contribution in [0.15, 0.2) is 24.3 Å². The minimum atomic E-state index is 0.172. The Morgan fingerprint density at radius 2 is 1.87 bits per heavy atom. The zero-order valence-corrected chi connectivity index (χ0v) is 9.73. The first-order valence-electron chi connectivity index (χ1n) is 5.29. The Kier molecular flexibility index (Phi) is 4.50. The molecule has 0 amide bonds. The van der Waals surface area contributed by atoms with Gasteiger partial charge in [0.2, 0.25) is 0 Å². The molecule has 1 unspecified atom stereocenters. The van der Waals surface area contributed by atoms with Gasteiger partial charge >= 0.3 is 0 Å². The molecule has 1 aliphatic rings. The van der Waals surface area contributed by atoms with E-state index >= 15 is 0 Å². The minimum Gasteiger partial charge on any atom is -0.312 e. The van der Waals surface area contributed by atoms with E-state index < -0.39 is 0 Å². The summed E-state index contributed by atoms with van der Waals surface area (Å²) in [6.07, 6.45) is 3.13. The molecule has 2 nitrogen and oxygen atoms in total. The summed E-state index contributed by atoms with van der Waals surface area (Å²) < 4.78 is 0. The molecular weight excluding hydrogens is 186 g/mol. The van der Waals surface area contributed by atoms with Crippen LogP contribution in [0, 0.1) is 0 Å². The first-order chi connectivity index (χ1) is 7.15. The van der Waals surface area contributed by atoms with Gasteiger partial charge in [0.1, 0.15) is 6.29 Å². The minimum absolute atomic E-state index is 0.172. The Hall–Kier alpha value is -1.15. The fourth-order valence-corrected chi connectivity index (χ4v) is 1.73. The summed E-state index contributed by atoms with van der Waals surface area (Å²) in [5, 5.41) is 0. The summed E-state index contributed by atoms with van der Waals surface area (Å²) in [6, 6.07) is 8.20. The number of aldehydes is 1. The number of carbonyl (C=O) groups excluding carboxylic acids is 1. The van der Waals surface area contributed by atoms with Crippen LogP contribution in [0.3, 0.4) is 0 Å². The molecule has 0 spiro atoms. The maximum Gasteiger partial charge on any atom is 0.127 e. The molecule has 0 saturated heterocycles. The highest BCUT2D eigenvalue weighted by Crippen LogP contribution is 2.30. The lowest BCUT2D eigenvalue weighted by atomic mass is 10.0. The van der Waals surface area contributed by atoms with Crippen molar-refractivity contribution in [2.24, 2.45) is 0 Å². The zero-order valence-electron chi connectivity index (χ0n) is 9.73. The Morgan fingerprint density at radius 3 is 2.47 bits per heavy atom. The number of nitrogens with zero attached hydrogens (tertiary/aromatic N) is 1. The van der Waals surface area contributed by atoms with E-state index in [9.17, 15) is 4.79 Å². The summed E-state index contributed by atoms with van der Waals surface area (Å²) in [7, 11) is 6.00. The second kappa shape index (κ2) is 5.66. The third kappa shape index (κ3) is 3.48. The van der Waals surface area contributed by atoms with E-state index in [0.29, 0.717) is 0 Å². The standard InChI is InChI=1S/C10H10O.C3H9N/c11-7-9-6-5-8-3-1-2-4-10(8)9;1-4(2)3/h1-4,7,9H,5-6H2;1-3H3. The number of aryl methyl sites for hydroxylation is 1. The molecule has 0 N–H and O–H groups in total. The topological polar surface area (TPSA) is 20.3 Å². The van der Waals surface area contributed by atoms with Gasteiger partial charge in [-0.1, -0.05) is 24.3 Å². The molecule has 0 heterocycles. The summed E-state index contributed by atoms with van der Waals surface area (Å²) >= 11 is 0. The van der Waals surface area contributed by atoms with Crippen molar-refractivity contribution in [2.45, 2.75) is 18.8 Å². The number of carbonyl (C=O) groups is 1. The van der Waals surface area contributed by atoms with Gasteiger partial charge < -0.3 is 9.69 Å². The first kappa shape index (κ1) is 11.9. The Balaban J connectivity index is 0.000000245. The smallest absolute Gasteiger partial charge is 0.127 e. The van der Waals surface area contributed by atoms with E-state index in [4.69, 9.17) is 0 Å². The lowest BCUT2D eigenvalue weighted by Gasteiger charge is -2.00. The number of hydrogen-bond acceptors (Lipinski definition) is 2. The molecule has 15 heavy (non-hydrogen) atoms. The number of rotatable bonds is 1. The predicted molar refractivity (Wildman–Crippen MR) is 63.2 cm³/mol. The van der Waals surface area contributed by atoms with Gasteiger partial charge in [0.15, 0.2) is 0 Å². The van der Waals surface area contributed by atoms with Crippen molar-refractivity contribution in [3.63, 3.8) is 0 Å². The normalized spacial score (nSPS) is 18.0. The molecule has 0 aliphatic heterocycles. The molecule has 1 aromatic carbocycles. The van der Waals surface area contributed by atoms with Crippen LogP contribution in [0.1, 0.15) is 23.5 Å². The van der Waals surface area contributed by atoms with E-state index in [2.05, 4.69) is 12.1 Å². The van der Waals surface area contributed by atoms with Gasteiger partial charge in [-0.2, -0.15) is 0 Å². The number of hydrogen-bond donors (Lipinski definition) is 0. The highest BCUT2D eigenvalue weighted by Gasteiger charge is 2.20. The van der Waals surface area contributed by atoms with Crippen molar-refractivity contribution in [2.75, 3.05) is 21.1 Å². The maximum atomic E-state index is 10.6. The van der Waals surface area contributed by atoms with Crippen molar-refractivity contribution < 1.29 is 4.79 Å². The molecule has 0 bridgehead atoms. The molecule has 2 heteroatoms. The average molecular weight is 205 g/mol. The van der Waals surface area contributed by atoms with Gasteiger partial charge in [-0.15, -0.1) is 0 Å². The van der Waals surface area contributed by atoms with E-state index in [1.54, 1.807) is 0 Å². The van der Waals surface area contributed by atoms with Gasteiger partial charge in [0.05, 0.1) is 0 Å². The first-order valence-corrected chi connectivity index (χ1v) is 5.29. The molecule has 1 atom stereocenters. The Bertz CT molecular complexity index is 317. The zero-order chi connectivity index (χ0) is 11.3. The molecule has 82 valence electrons. The molecule has 0 fully saturated rings. The van der Waals surface area contributed by atoms with Crippen LogP contribution in [0.4, 0.5) is 0 Å². The monoisotopic (exact) mass is 205 g/mol. The largest absolute Gasteiger partial charge is 0.312 e. The van der Waals surface area contributed by atoms with Crippen LogP contribution in [-0.2, 0) is 11.2 Å². The lowest BCUT2D eigenvalue weighted by Crippen LogP contribution is -1.99. The van der Waals surface area contributed by atoms with Crippen molar-refractivity contribution in [3.8, 4) is 0 Å². The second-order valence-electron chi connectivity index (χ2n) is 4.32. The van der Waals surface area contributed by atoms with E-state index in [1.807, 2.05) is 38.2 Å². The fourth-order valence-electron chi connectivity index (χ4n) is 1.73. The van der Waals surface area contributed by atoms with Crippen LogP contribution < -0.4 is 0 Å². The average Bonchev–Trinajstić information content (AvgIpc) is 2.59. The summed E-state index contributed by atoms with van der Waals surface area (Å²) in [6.45, 7) is 0. The SMILES string of the molecule is CN(C)C.O=CC1CCc2ccccc21. The van der Waals surface area contributed by atoms with Crippen LogP contribution in [0.5, 0.6) is 0 Å².